The third-order valence-corrected chi connectivity index (χ3v) is 8.18. The summed E-state index contributed by atoms with van der Waals surface area (Å²) in [5.41, 5.74) is 7.39. The Balaban J connectivity index is 1.24. The van der Waals surface area contributed by atoms with E-state index in [2.05, 4.69) is 78.6 Å². The number of piperidine rings is 1. The minimum absolute atomic E-state index is 0.479. The molecule has 184 valence electrons. The van der Waals surface area contributed by atoms with E-state index in [1.54, 1.807) is 5.56 Å². The lowest BCUT2D eigenvalue weighted by Gasteiger charge is -2.37. The van der Waals surface area contributed by atoms with Gasteiger partial charge in [-0.15, -0.1) is 0 Å². The summed E-state index contributed by atoms with van der Waals surface area (Å²) in [6.45, 7) is 6.38. The number of halogens is 1. The maximum absolute atomic E-state index is 6.40. The number of rotatable bonds is 8. The molecule has 1 aliphatic carbocycles. The van der Waals surface area contributed by atoms with E-state index >= 15 is 0 Å². The van der Waals surface area contributed by atoms with E-state index in [0.29, 0.717) is 11.8 Å². The van der Waals surface area contributed by atoms with Crippen LogP contribution in [0.15, 0.2) is 66.7 Å². The molecule has 0 bridgehead atoms. The quantitative estimate of drug-likeness (QED) is 0.298. The first-order valence-electron chi connectivity index (χ1n) is 13.5. The average molecular weight is 488 g/mol. The van der Waals surface area contributed by atoms with E-state index < -0.39 is 0 Å². The van der Waals surface area contributed by atoms with Crippen LogP contribution in [-0.2, 0) is 19.4 Å². The van der Waals surface area contributed by atoms with E-state index in [9.17, 15) is 0 Å². The fraction of sp³-hybridized carbons (Fsp3) is 0.438. The van der Waals surface area contributed by atoms with Gasteiger partial charge in [-0.25, -0.2) is 0 Å². The van der Waals surface area contributed by atoms with Crippen molar-refractivity contribution in [2.75, 3.05) is 19.7 Å². The second-order valence-corrected chi connectivity index (χ2v) is 10.8. The van der Waals surface area contributed by atoms with E-state index in [4.69, 9.17) is 16.3 Å². The molecular formula is C32H38ClNO. The molecule has 0 N–H and O–H groups in total. The zero-order valence-corrected chi connectivity index (χ0v) is 21.8. The van der Waals surface area contributed by atoms with Crippen molar-refractivity contribution >= 4 is 11.6 Å². The minimum Gasteiger partial charge on any atom is -0.494 e. The van der Waals surface area contributed by atoms with Crippen molar-refractivity contribution in [3.8, 4) is 5.75 Å². The van der Waals surface area contributed by atoms with Gasteiger partial charge in [0, 0.05) is 17.5 Å². The van der Waals surface area contributed by atoms with E-state index in [1.165, 1.54) is 47.9 Å². The summed E-state index contributed by atoms with van der Waals surface area (Å²) in [5.74, 6) is 2.14. The first-order chi connectivity index (χ1) is 17.2. The molecule has 0 radical (unpaired) electrons. The summed E-state index contributed by atoms with van der Waals surface area (Å²) < 4.78 is 5.89. The highest BCUT2D eigenvalue weighted by molar-refractivity contribution is 6.30. The molecule has 3 aromatic rings. The van der Waals surface area contributed by atoms with Crippen molar-refractivity contribution in [2.24, 2.45) is 5.92 Å². The molecule has 1 unspecified atom stereocenters. The first-order valence-corrected chi connectivity index (χ1v) is 13.9. The van der Waals surface area contributed by atoms with Crippen LogP contribution < -0.4 is 4.74 Å². The zero-order chi connectivity index (χ0) is 24.0. The van der Waals surface area contributed by atoms with Crippen LogP contribution in [0.4, 0.5) is 0 Å². The molecular weight excluding hydrogens is 450 g/mol. The molecule has 5 rings (SSSR count). The Morgan fingerprint density at radius 3 is 2.40 bits per heavy atom. The molecule has 1 aliphatic heterocycles. The second-order valence-electron chi connectivity index (χ2n) is 10.3. The molecule has 1 heterocycles. The Bertz CT molecular complexity index is 1100. The normalized spacial score (nSPS) is 18.5. The van der Waals surface area contributed by atoms with E-state index in [1.807, 2.05) is 0 Å². The molecule has 0 amide bonds. The van der Waals surface area contributed by atoms with Crippen molar-refractivity contribution < 1.29 is 4.74 Å². The van der Waals surface area contributed by atoms with E-state index in [0.717, 1.165) is 56.3 Å². The predicted molar refractivity (Wildman–Crippen MR) is 147 cm³/mol. The first kappa shape index (κ1) is 24.4. The molecule has 2 nitrogen and oxygen atoms in total. The molecule has 3 heteroatoms. The highest BCUT2D eigenvalue weighted by atomic mass is 35.5. The van der Waals surface area contributed by atoms with Crippen molar-refractivity contribution in [1.82, 2.24) is 4.90 Å². The Hall–Kier alpha value is -2.29. The van der Waals surface area contributed by atoms with Crippen LogP contribution in [0.1, 0.15) is 72.8 Å². The highest BCUT2D eigenvalue weighted by Gasteiger charge is 2.32. The summed E-state index contributed by atoms with van der Waals surface area (Å²) >= 11 is 6.40. The SMILES string of the molecule is CCCCCOc1ccc(CN2CCC(C3c4ccccc4CCc4cc(Cl)ccc43)CC2)cc1. The van der Waals surface area contributed by atoms with Crippen molar-refractivity contribution in [3.05, 3.63) is 99.6 Å². The fourth-order valence-electron chi connectivity index (χ4n) is 6.04. The summed E-state index contributed by atoms with van der Waals surface area (Å²) in [5, 5.41) is 0.862. The molecule has 0 spiro atoms. The molecule has 1 saturated heterocycles. The Kier molecular flexibility index (Phi) is 8.11. The van der Waals surface area contributed by atoms with Crippen LogP contribution in [0, 0.1) is 5.92 Å². The molecule has 1 fully saturated rings. The maximum atomic E-state index is 6.40. The summed E-state index contributed by atoms with van der Waals surface area (Å²) in [6.07, 6.45) is 8.26. The second kappa shape index (κ2) is 11.6. The van der Waals surface area contributed by atoms with Gasteiger partial charge in [0.15, 0.2) is 0 Å². The van der Waals surface area contributed by atoms with Gasteiger partial charge >= 0.3 is 0 Å². The third-order valence-electron chi connectivity index (χ3n) is 7.94. The van der Waals surface area contributed by atoms with Gasteiger partial charge in [0.05, 0.1) is 6.61 Å². The number of ether oxygens (including phenoxy) is 1. The maximum Gasteiger partial charge on any atom is 0.119 e. The topological polar surface area (TPSA) is 12.5 Å². The standard InChI is InChI=1S/C32H38ClNO/c1-2-3-6-21-35-29-14-9-24(10-15-29)23-34-19-17-26(18-20-34)32-30-8-5-4-7-25(30)11-12-27-22-28(33)13-16-31(27)32/h4-5,7-10,13-16,22,26,32H,2-3,6,11-12,17-21,23H2,1H3. The molecule has 3 aromatic carbocycles. The lowest BCUT2D eigenvalue weighted by Crippen LogP contribution is -2.35. The molecule has 35 heavy (non-hydrogen) atoms. The summed E-state index contributed by atoms with van der Waals surface area (Å²) in [4.78, 5) is 2.62. The molecule has 2 aliphatic rings. The highest BCUT2D eigenvalue weighted by Crippen LogP contribution is 2.43. The molecule has 0 aromatic heterocycles. The summed E-state index contributed by atoms with van der Waals surface area (Å²) in [6, 6.07) is 24.5. The van der Waals surface area contributed by atoms with Crippen LogP contribution in [-0.4, -0.2) is 24.6 Å². The van der Waals surface area contributed by atoms with Gasteiger partial charge < -0.3 is 4.74 Å². The average Bonchev–Trinajstić information content (AvgIpc) is 3.05. The van der Waals surface area contributed by atoms with Crippen molar-refractivity contribution in [1.29, 1.82) is 0 Å². The van der Waals surface area contributed by atoms with Gasteiger partial charge in [0.1, 0.15) is 5.75 Å². The third kappa shape index (κ3) is 5.93. The number of hydrogen-bond acceptors (Lipinski definition) is 2. The lowest BCUT2D eigenvalue weighted by molar-refractivity contribution is 0.168. The minimum atomic E-state index is 0.479. The Morgan fingerprint density at radius 2 is 1.60 bits per heavy atom. The van der Waals surface area contributed by atoms with Crippen LogP contribution in [0.5, 0.6) is 5.75 Å². The number of nitrogens with zero attached hydrogens (tertiary/aromatic N) is 1. The smallest absolute Gasteiger partial charge is 0.119 e. The van der Waals surface area contributed by atoms with Gasteiger partial charge in [-0.05, 0) is 103 Å². The van der Waals surface area contributed by atoms with Crippen LogP contribution >= 0.6 is 11.6 Å². The lowest BCUT2D eigenvalue weighted by atomic mass is 9.74. The van der Waals surface area contributed by atoms with Gasteiger partial charge in [-0.3, -0.25) is 4.90 Å². The number of unbranched alkanes of at least 4 members (excludes halogenated alkanes) is 2. The van der Waals surface area contributed by atoms with Gasteiger partial charge in [-0.1, -0.05) is 73.8 Å². The van der Waals surface area contributed by atoms with Crippen LogP contribution in [0.25, 0.3) is 0 Å². The fourth-order valence-corrected chi connectivity index (χ4v) is 6.23. The Labute approximate surface area is 216 Å². The van der Waals surface area contributed by atoms with Crippen molar-refractivity contribution in [3.63, 3.8) is 0 Å². The van der Waals surface area contributed by atoms with Crippen LogP contribution in [0.2, 0.25) is 5.02 Å². The largest absolute Gasteiger partial charge is 0.494 e. The number of likely N-dealkylation sites (tertiary alicyclic amines) is 1. The van der Waals surface area contributed by atoms with E-state index in [-0.39, 0.29) is 0 Å². The van der Waals surface area contributed by atoms with Crippen LogP contribution in [0.3, 0.4) is 0 Å². The molecule has 0 saturated carbocycles. The molecule has 1 atom stereocenters. The predicted octanol–water partition coefficient (Wildman–Crippen LogP) is 8.05. The number of hydrogen-bond donors (Lipinski definition) is 0. The van der Waals surface area contributed by atoms with Gasteiger partial charge in [0.2, 0.25) is 0 Å². The number of fused-ring (bicyclic) bond motifs is 2. The summed E-state index contributed by atoms with van der Waals surface area (Å²) in [7, 11) is 0. The number of aryl methyl sites for hydroxylation is 2. The van der Waals surface area contributed by atoms with Crippen molar-refractivity contribution in [2.45, 2.75) is 64.3 Å². The zero-order valence-electron chi connectivity index (χ0n) is 21.0. The Morgan fingerprint density at radius 1 is 0.857 bits per heavy atom. The monoisotopic (exact) mass is 487 g/mol. The van der Waals surface area contributed by atoms with Gasteiger partial charge in [-0.2, -0.15) is 0 Å². The number of benzene rings is 3. The van der Waals surface area contributed by atoms with Gasteiger partial charge in [0.25, 0.3) is 0 Å².